The smallest absolute Gasteiger partial charge is 0.192 e. The Morgan fingerprint density at radius 2 is 1.87 bits per heavy atom. The second-order valence-corrected chi connectivity index (χ2v) is 4.25. The minimum absolute atomic E-state index is 0.0431. The number of aliphatic hydroxyl groups is 3. The van der Waals surface area contributed by atoms with Gasteiger partial charge in [-0.25, -0.2) is 0 Å². The largest absolute Gasteiger partial charge is 0.394 e. The van der Waals surface area contributed by atoms with Crippen LogP contribution >= 0.6 is 8.03 Å². The van der Waals surface area contributed by atoms with Gasteiger partial charge in [0.05, 0.1) is 25.0 Å². The zero-order chi connectivity index (χ0) is 11.7. The fourth-order valence-corrected chi connectivity index (χ4v) is 1.83. The number of hydrogen-bond acceptors (Lipinski definition) is 4. The van der Waals surface area contributed by atoms with Crippen LogP contribution in [0.25, 0.3) is 0 Å². The van der Waals surface area contributed by atoms with Crippen molar-refractivity contribution in [2.45, 2.75) is 12.0 Å². The van der Waals surface area contributed by atoms with Gasteiger partial charge in [-0.3, -0.25) is 4.57 Å². The van der Waals surface area contributed by atoms with Crippen molar-refractivity contribution in [2.24, 2.45) is 0 Å². The summed E-state index contributed by atoms with van der Waals surface area (Å²) < 4.78 is 10.4. The molecular weight excluding hydrogens is 219 g/mol. The Morgan fingerprint density at radius 1 is 1.27 bits per heavy atom. The van der Waals surface area contributed by atoms with E-state index in [0.29, 0.717) is 6.42 Å². The molecule has 1 rings (SSSR count). The first kappa shape index (κ1) is 14.6. The second kappa shape index (κ2) is 7.79. The summed E-state index contributed by atoms with van der Waals surface area (Å²) in [5, 5.41) is 24.8. The SMILES string of the molecule is O=[PH](O)CC1(O)C=CC=CC1.OCCO. The zero-order valence-corrected chi connectivity index (χ0v) is 9.33. The summed E-state index contributed by atoms with van der Waals surface area (Å²) in [6.45, 7) is -0.250. The first-order chi connectivity index (χ1) is 7.04. The molecule has 2 unspecified atom stereocenters. The zero-order valence-electron chi connectivity index (χ0n) is 8.33. The topological polar surface area (TPSA) is 98.0 Å². The van der Waals surface area contributed by atoms with E-state index >= 15 is 0 Å². The standard InChI is InChI=1S/C7H11O3P.C2H6O2/c8-7(6-11(9)10)4-2-1-3-5-7;3-1-2-4/h1-4,8,11H,5-6H2,(H,9,10);3-4H,1-2H2. The molecule has 0 radical (unpaired) electrons. The molecule has 0 saturated carbocycles. The molecule has 4 N–H and O–H groups in total. The summed E-state index contributed by atoms with van der Waals surface area (Å²) in [6.07, 6.45) is 7.23. The molecule has 15 heavy (non-hydrogen) atoms. The van der Waals surface area contributed by atoms with Gasteiger partial charge < -0.3 is 20.2 Å². The highest BCUT2D eigenvalue weighted by Gasteiger charge is 2.24. The number of aliphatic hydroxyl groups excluding tert-OH is 2. The fourth-order valence-electron chi connectivity index (χ4n) is 1.05. The van der Waals surface area contributed by atoms with Crippen molar-refractivity contribution in [1.29, 1.82) is 0 Å². The van der Waals surface area contributed by atoms with Crippen LogP contribution < -0.4 is 0 Å². The van der Waals surface area contributed by atoms with Gasteiger partial charge in [0.25, 0.3) is 0 Å². The lowest BCUT2D eigenvalue weighted by Crippen LogP contribution is -2.29. The van der Waals surface area contributed by atoms with Crippen LogP contribution in [0, 0.1) is 0 Å². The highest BCUT2D eigenvalue weighted by atomic mass is 31.1. The van der Waals surface area contributed by atoms with Crippen LogP contribution in [-0.4, -0.2) is 45.2 Å². The molecule has 88 valence electrons. The summed E-state index contributed by atoms with van der Waals surface area (Å²) in [7, 11) is -2.58. The first-order valence-corrected chi connectivity index (χ1v) is 6.10. The molecule has 5 nitrogen and oxygen atoms in total. The summed E-state index contributed by atoms with van der Waals surface area (Å²) in [5.41, 5.74) is -1.08. The van der Waals surface area contributed by atoms with Gasteiger partial charge >= 0.3 is 0 Å². The maximum absolute atomic E-state index is 10.4. The van der Waals surface area contributed by atoms with Crippen molar-refractivity contribution in [2.75, 3.05) is 19.4 Å². The lowest BCUT2D eigenvalue weighted by atomic mass is 9.98. The Bertz CT molecular complexity index is 249. The van der Waals surface area contributed by atoms with Crippen LogP contribution in [0.2, 0.25) is 0 Å². The fraction of sp³-hybridized carbons (Fsp3) is 0.556. The minimum atomic E-state index is -2.58. The summed E-state index contributed by atoms with van der Waals surface area (Å²) in [4.78, 5) is 8.60. The van der Waals surface area contributed by atoms with E-state index in [1.165, 1.54) is 0 Å². The minimum Gasteiger partial charge on any atom is -0.394 e. The third-order valence-corrected chi connectivity index (χ3v) is 2.60. The van der Waals surface area contributed by atoms with E-state index in [-0.39, 0.29) is 19.4 Å². The Labute approximate surface area is 89.2 Å². The molecule has 1 aliphatic carbocycles. The third kappa shape index (κ3) is 7.48. The highest BCUT2D eigenvalue weighted by Crippen LogP contribution is 2.27. The maximum Gasteiger partial charge on any atom is 0.192 e. The molecule has 0 heterocycles. The van der Waals surface area contributed by atoms with Gasteiger partial charge in [0.1, 0.15) is 0 Å². The number of rotatable bonds is 3. The van der Waals surface area contributed by atoms with Gasteiger partial charge in [0.2, 0.25) is 0 Å². The predicted molar refractivity (Wildman–Crippen MR) is 58.1 cm³/mol. The van der Waals surface area contributed by atoms with Crippen LogP contribution in [0.5, 0.6) is 0 Å². The quantitative estimate of drug-likeness (QED) is 0.503. The Kier molecular flexibility index (Phi) is 7.56. The normalized spacial score (nSPS) is 25.6. The first-order valence-electron chi connectivity index (χ1n) is 4.54. The molecule has 0 spiro atoms. The van der Waals surface area contributed by atoms with Crippen molar-refractivity contribution in [3.8, 4) is 0 Å². The molecular formula is C9H17O5P. The number of hydrogen-bond donors (Lipinski definition) is 4. The molecule has 0 bridgehead atoms. The lowest BCUT2D eigenvalue weighted by Gasteiger charge is -2.22. The van der Waals surface area contributed by atoms with E-state index < -0.39 is 13.6 Å². The van der Waals surface area contributed by atoms with E-state index in [2.05, 4.69) is 0 Å². The van der Waals surface area contributed by atoms with Crippen LogP contribution in [0.3, 0.4) is 0 Å². The van der Waals surface area contributed by atoms with Crippen molar-refractivity contribution in [1.82, 2.24) is 0 Å². The molecule has 0 aromatic heterocycles. The Morgan fingerprint density at radius 3 is 2.20 bits per heavy atom. The molecule has 0 aliphatic heterocycles. The van der Waals surface area contributed by atoms with Crippen LogP contribution in [-0.2, 0) is 4.57 Å². The predicted octanol–water partition coefficient (Wildman–Crippen LogP) is -0.328. The van der Waals surface area contributed by atoms with E-state index in [9.17, 15) is 9.67 Å². The van der Waals surface area contributed by atoms with Crippen LogP contribution in [0.1, 0.15) is 6.42 Å². The van der Waals surface area contributed by atoms with Gasteiger partial charge in [0, 0.05) is 0 Å². The van der Waals surface area contributed by atoms with Gasteiger partial charge in [0.15, 0.2) is 8.03 Å². The highest BCUT2D eigenvalue weighted by molar-refractivity contribution is 7.38. The van der Waals surface area contributed by atoms with Crippen LogP contribution in [0.15, 0.2) is 24.3 Å². The van der Waals surface area contributed by atoms with Crippen LogP contribution in [0.4, 0.5) is 0 Å². The van der Waals surface area contributed by atoms with E-state index in [1.807, 2.05) is 6.08 Å². The van der Waals surface area contributed by atoms with E-state index in [1.54, 1.807) is 18.2 Å². The van der Waals surface area contributed by atoms with Gasteiger partial charge in [-0.15, -0.1) is 0 Å². The van der Waals surface area contributed by atoms with E-state index in [0.717, 1.165) is 0 Å². The third-order valence-electron chi connectivity index (χ3n) is 1.68. The molecule has 2 atom stereocenters. The Balaban J connectivity index is 0.000000423. The van der Waals surface area contributed by atoms with E-state index in [4.69, 9.17) is 15.1 Å². The Hall–Kier alpha value is -0.450. The number of allylic oxidation sites excluding steroid dienone is 2. The second-order valence-electron chi connectivity index (χ2n) is 3.11. The van der Waals surface area contributed by atoms with Crippen molar-refractivity contribution in [3.05, 3.63) is 24.3 Å². The molecule has 0 saturated heterocycles. The van der Waals surface area contributed by atoms with Crippen molar-refractivity contribution >= 4 is 8.03 Å². The molecule has 0 aromatic carbocycles. The van der Waals surface area contributed by atoms with Gasteiger partial charge in [-0.05, 0) is 6.42 Å². The summed E-state index contributed by atoms with van der Waals surface area (Å²) in [6, 6.07) is 0. The average Bonchev–Trinajstić information content (AvgIpc) is 2.17. The van der Waals surface area contributed by atoms with Crippen molar-refractivity contribution < 1.29 is 24.8 Å². The summed E-state index contributed by atoms with van der Waals surface area (Å²) >= 11 is 0. The molecule has 0 aromatic rings. The monoisotopic (exact) mass is 236 g/mol. The average molecular weight is 236 g/mol. The lowest BCUT2D eigenvalue weighted by molar-refractivity contribution is 0.115. The maximum atomic E-state index is 10.4. The molecule has 6 heteroatoms. The van der Waals surface area contributed by atoms with Gasteiger partial charge in [-0.2, -0.15) is 0 Å². The molecule has 1 aliphatic rings. The molecule has 0 amide bonds. The molecule has 0 fully saturated rings. The van der Waals surface area contributed by atoms with Gasteiger partial charge in [-0.1, -0.05) is 24.3 Å². The summed E-state index contributed by atoms with van der Waals surface area (Å²) in [5.74, 6) is 0. The van der Waals surface area contributed by atoms with Crippen molar-refractivity contribution in [3.63, 3.8) is 0 Å².